The van der Waals surface area contributed by atoms with Crippen LogP contribution in [0.25, 0.3) is 0 Å². The zero-order chi connectivity index (χ0) is 18.7. The fraction of sp³-hybridized carbons (Fsp3) is 0.389. The molecule has 1 aromatic carbocycles. The second-order valence-corrected chi connectivity index (χ2v) is 8.83. The minimum absolute atomic E-state index is 0.0882. The topological polar surface area (TPSA) is 101 Å². The SMILES string of the molecule is Cc1cccc(CNC(=O)c2cc(NC3CCS(=O)(=O)C3)nc(C)n2)c1. The minimum atomic E-state index is -2.98. The summed E-state index contributed by atoms with van der Waals surface area (Å²) in [6.07, 6.45) is 0.542. The molecule has 0 saturated carbocycles. The van der Waals surface area contributed by atoms with Gasteiger partial charge in [0.25, 0.3) is 5.91 Å². The number of benzene rings is 1. The summed E-state index contributed by atoms with van der Waals surface area (Å²) in [6.45, 7) is 4.11. The van der Waals surface area contributed by atoms with Gasteiger partial charge in [0.2, 0.25) is 0 Å². The molecular formula is C18H22N4O3S. The zero-order valence-electron chi connectivity index (χ0n) is 14.8. The number of amides is 1. The van der Waals surface area contributed by atoms with Crippen LogP contribution >= 0.6 is 0 Å². The molecule has 0 spiro atoms. The van der Waals surface area contributed by atoms with Crippen molar-refractivity contribution in [2.24, 2.45) is 0 Å². The van der Waals surface area contributed by atoms with E-state index in [0.717, 1.165) is 11.1 Å². The van der Waals surface area contributed by atoms with E-state index in [4.69, 9.17) is 0 Å². The number of anilines is 1. The molecule has 138 valence electrons. The number of aromatic nitrogens is 2. The average Bonchev–Trinajstić information content (AvgIpc) is 2.90. The third-order valence-electron chi connectivity index (χ3n) is 4.19. The van der Waals surface area contributed by atoms with Crippen molar-refractivity contribution >= 4 is 21.6 Å². The van der Waals surface area contributed by atoms with Crippen molar-refractivity contribution in [3.8, 4) is 0 Å². The fourth-order valence-electron chi connectivity index (χ4n) is 2.97. The Hall–Kier alpha value is -2.48. The molecule has 8 heteroatoms. The van der Waals surface area contributed by atoms with Crippen molar-refractivity contribution in [1.29, 1.82) is 0 Å². The van der Waals surface area contributed by atoms with Gasteiger partial charge in [0, 0.05) is 18.7 Å². The van der Waals surface area contributed by atoms with Gasteiger partial charge >= 0.3 is 0 Å². The van der Waals surface area contributed by atoms with E-state index in [1.165, 1.54) is 0 Å². The Labute approximate surface area is 153 Å². The average molecular weight is 374 g/mol. The highest BCUT2D eigenvalue weighted by molar-refractivity contribution is 7.91. The fourth-order valence-corrected chi connectivity index (χ4v) is 4.64. The van der Waals surface area contributed by atoms with Crippen LogP contribution in [-0.4, -0.2) is 41.8 Å². The first-order valence-electron chi connectivity index (χ1n) is 8.47. The summed E-state index contributed by atoms with van der Waals surface area (Å²) in [6, 6.07) is 9.29. The molecule has 2 N–H and O–H groups in total. The van der Waals surface area contributed by atoms with Crippen LogP contribution in [0.3, 0.4) is 0 Å². The summed E-state index contributed by atoms with van der Waals surface area (Å²) in [5.41, 5.74) is 2.40. The molecule has 1 unspecified atom stereocenters. The van der Waals surface area contributed by atoms with Gasteiger partial charge in [-0.3, -0.25) is 4.79 Å². The summed E-state index contributed by atoms with van der Waals surface area (Å²) >= 11 is 0. The third kappa shape index (κ3) is 4.78. The molecule has 0 aliphatic carbocycles. The van der Waals surface area contributed by atoms with Gasteiger partial charge in [0.05, 0.1) is 11.5 Å². The van der Waals surface area contributed by atoms with Crippen LogP contribution in [0.5, 0.6) is 0 Å². The summed E-state index contributed by atoms with van der Waals surface area (Å²) < 4.78 is 23.2. The molecule has 3 rings (SSSR count). The predicted octanol–water partition coefficient (Wildman–Crippen LogP) is 1.62. The van der Waals surface area contributed by atoms with Gasteiger partial charge in [0.15, 0.2) is 9.84 Å². The van der Waals surface area contributed by atoms with Crippen LogP contribution in [0.2, 0.25) is 0 Å². The monoisotopic (exact) mass is 374 g/mol. The third-order valence-corrected chi connectivity index (χ3v) is 5.96. The van der Waals surface area contributed by atoms with E-state index in [9.17, 15) is 13.2 Å². The zero-order valence-corrected chi connectivity index (χ0v) is 15.6. The van der Waals surface area contributed by atoms with Crippen LogP contribution in [0, 0.1) is 13.8 Å². The Kier molecular flexibility index (Phi) is 5.22. The van der Waals surface area contributed by atoms with E-state index in [1.807, 2.05) is 31.2 Å². The second-order valence-electron chi connectivity index (χ2n) is 6.60. The van der Waals surface area contributed by atoms with Crippen molar-refractivity contribution in [1.82, 2.24) is 15.3 Å². The van der Waals surface area contributed by atoms with Crippen molar-refractivity contribution in [3.63, 3.8) is 0 Å². The van der Waals surface area contributed by atoms with Gasteiger partial charge in [-0.15, -0.1) is 0 Å². The smallest absolute Gasteiger partial charge is 0.270 e. The first kappa shape index (κ1) is 18.3. The van der Waals surface area contributed by atoms with Crippen molar-refractivity contribution in [3.05, 3.63) is 53.0 Å². The Bertz CT molecular complexity index is 928. The maximum atomic E-state index is 12.4. The largest absolute Gasteiger partial charge is 0.366 e. The predicted molar refractivity (Wildman–Crippen MR) is 99.8 cm³/mol. The summed E-state index contributed by atoms with van der Waals surface area (Å²) in [7, 11) is -2.98. The lowest BCUT2D eigenvalue weighted by Gasteiger charge is -2.13. The van der Waals surface area contributed by atoms with E-state index in [1.54, 1.807) is 13.0 Å². The number of hydrogen-bond acceptors (Lipinski definition) is 6. The Morgan fingerprint density at radius 1 is 1.23 bits per heavy atom. The number of carbonyl (C=O) groups excluding carboxylic acids is 1. The molecule has 1 fully saturated rings. The highest BCUT2D eigenvalue weighted by atomic mass is 32.2. The molecular weight excluding hydrogens is 352 g/mol. The molecule has 26 heavy (non-hydrogen) atoms. The van der Waals surface area contributed by atoms with Crippen molar-refractivity contribution in [2.45, 2.75) is 32.9 Å². The Balaban J connectivity index is 1.67. The highest BCUT2D eigenvalue weighted by Gasteiger charge is 2.28. The maximum absolute atomic E-state index is 12.4. The normalized spacial score (nSPS) is 18.5. The van der Waals surface area contributed by atoms with E-state index in [0.29, 0.717) is 24.6 Å². The molecule has 2 aromatic rings. The van der Waals surface area contributed by atoms with Crippen LogP contribution in [-0.2, 0) is 16.4 Å². The molecule has 2 heterocycles. The molecule has 0 bridgehead atoms. The quantitative estimate of drug-likeness (QED) is 0.825. The summed E-state index contributed by atoms with van der Waals surface area (Å²) in [4.78, 5) is 20.9. The minimum Gasteiger partial charge on any atom is -0.366 e. The van der Waals surface area contributed by atoms with Crippen LogP contribution in [0.4, 0.5) is 5.82 Å². The lowest BCUT2D eigenvalue weighted by molar-refractivity contribution is 0.0945. The van der Waals surface area contributed by atoms with E-state index in [-0.39, 0.29) is 29.1 Å². The van der Waals surface area contributed by atoms with E-state index < -0.39 is 9.84 Å². The number of carbonyl (C=O) groups is 1. The highest BCUT2D eigenvalue weighted by Crippen LogP contribution is 2.17. The number of nitrogens with one attached hydrogen (secondary N) is 2. The summed E-state index contributed by atoms with van der Waals surface area (Å²) in [5, 5.41) is 5.95. The molecule has 1 aliphatic rings. The van der Waals surface area contributed by atoms with Crippen LogP contribution in [0.15, 0.2) is 30.3 Å². The Morgan fingerprint density at radius 3 is 2.73 bits per heavy atom. The summed E-state index contributed by atoms with van der Waals surface area (Å²) in [5.74, 6) is 0.903. The molecule has 7 nitrogen and oxygen atoms in total. The molecule has 1 atom stereocenters. The van der Waals surface area contributed by atoms with Crippen molar-refractivity contribution in [2.75, 3.05) is 16.8 Å². The number of hydrogen-bond donors (Lipinski definition) is 2. The molecule has 1 aliphatic heterocycles. The van der Waals surface area contributed by atoms with Crippen LogP contribution < -0.4 is 10.6 Å². The maximum Gasteiger partial charge on any atom is 0.270 e. The van der Waals surface area contributed by atoms with Crippen molar-refractivity contribution < 1.29 is 13.2 Å². The number of aryl methyl sites for hydroxylation is 2. The van der Waals surface area contributed by atoms with Gasteiger partial charge in [-0.25, -0.2) is 18.4 Å². The molecule has 1 aromatic heterocycles. The number of sulfone groups is 1. The van der Waals surface area contributed by atoms with Gasteiger partial charge in [-0.1, -0.05) is 29.8 Å². The van der Waals surface area contributed by atoms with Gasteiger partial charge in [-0.2, -0.15) is 0 Å². The number of rotatable bonds is 5. The standard InChI is InChI=1S/C18H22N4O3S/c1-12-4-3-5-14(8-12)10-19-18(23)16-9-17(21-13(2)20-16)22-15-6-7-26(24,25)11-15/h3-5,8-9,15H,6-7,10-11H2,1-2H3,(H,19,23)(H,20,21,22). The lowest BCUT2D eigenvalue weighted by Crippen LogP contribution is -2.26. The second kappa shape index (κ2) is 7.41. The lowest BCUT2D eigenvalue weighted by atomic mass is 10.1. The first-order valence-corrected chi connectivity index (χ1v) is 10.3. The molecule has 1 amide bonds. The van der Waals surface area contributed by atoms with Crippen LogP contribution in [0.1, 0.15) is 33.9 Å². The number of nitrogens with zero attached hydrogens (tertiary/aromatic N) is 2. The van der Waals surface area contributed by atoms with Gasteiger partial charge in [-0.05, 0) is 25.8 Å². The molecule has 0 radical (unpaired) electrons. The van der Waals surface area contributed by atoms with E-state index in [2.05, 4.69) is 20.6 Å². The van der Waals surface area contributed by atoms with E-state index >= 15 is 0 Å². The van der Waals surface area contributed by atoms with Gasteiger partial charge < -0.3 is 10.6 Å². The first-order chi connectivity index (χ1) is 12.3. The Morgan fingerprint density at radius 2 is 2.04 bits per heavy atom. The molecule has 1 saturated heterocycles. The van der Waals surface area contributed by atoms with Gasteiger partial charge in [0.1, 0.15) is 17.3 Å².